The predicted octanol–water partition coefficient (Wildman–Crippen LogP) is 2.54. The van der Waals surface area contributed by atoms with Gasteiger partial charge >= 0.3 is 5.97 Å². The van der Waals surface area contributed by atoms with E-state index in [1.54, 1.807) is 12.1 Å². The smallest absolute Gasteiger partial charge is 0.340 e. The lowest BCUT2D eigenvalue weighted by atomic mass is 10.2. The fourth-order valence-corrected chi connectivity index (χ4v) is 2.36. The zero-order valence-corrected chi connectivity index (χ0v) is 14.4. The summed E-state index contributed by atoms with van der Waals surface area (Å²) in [5.41, 5.74) is 5.61. The highest BCUT2D eigenvalue weighted by Gasteiger charge is 2.20. The van der Waals surface area contributed by atoms with Crippen molar-refractivity contribution >= 4 is 35.1 Å². The molecule has 2 amide bonds. The number of nitrogens with zero attached hydrogens (tertiary/aromatic N) is 1. The van der Waals surface area contributed by atoms with Gasteiger partial charge in [-0.3, -0.25) is 9.59 Å². The van der Waals surface area contributed by atoms with Crippen molar-refractivity contribution in [3.05, 3.63) is 64.9 Å². The van der Waals surface area contributed by atoms with Gasteiger partial charge in [-0.25, -0.2) is 9.18 Å². The lowest BCUT2D eigenvalue weighted by molar-refractivity contribution is -0.121. The first-order valence-corrected chi connectivity index (χ1v) is 8.02. The van der Waals surface area contributed by atoms with Crippen LogP contribution in [0, 0.1) is 5.82 Å². The third-order valence-electron chi connectivity index (χ3n) is 3.44. The van der Waals surface area contributed by atoms with Gasteiger partial charge in [0.1, 0.15) is 5.82 Å². The maximum absolute atomic E-state index is 13.1. The molecule has 8 heteroatoms. The molecule has 0 radical (unpaired) electrons. The molecule has 0 saturated heterocycles. The van der Waals surface area contributed by atoms with Crippen LogP contribution in [0.25, 0.3) is 0 Å². The van der Waals surface area contributed by atoms with Gasteiger partial charge in [0.25, 0.3) is 5.91 Å². The number of carbonyl (C=O) groups excluding carboxylic acids is 3. The first-order valence-electron chi connectivity index (χ1n) is 7.64. The normalized spacial score (nSPS) is 10.2. The van der Waals surface area contributed by atoms with Crippen LogP contribution in [0.15, 0.2) is 48.5 Å². The van der Waals surface area contributed by atoms with Gasteiger partial charge < -0.3 is 15.4 Å². The van der Waals surface area contributed by atoms with E-state index in [-0.39, 0.29) is 23.6 Å². The summed E-state index contributed by atoms with van der Waals surface area (Å²) in [6, 6.07) is 11.4. The maximum Gasteiger partial charge on any atom is 0.340 e. The monoisotopic (exact) mass is 378 g/mol. The number of primary amides is 1. The summed E-state index contributed by atoms with van der Waals surface area (Å²) >= 11 is 5.91. The Morgan fingerprint density at radius 1 is 1.08 bits per heavy atom. The third-order valence-corrected chi connectivity index (χ3v) is 3.77. The van der Waals surface area contributed by atoms with Crippen molar-refractivity contribution < 1.29 is 23.5 Å². The minimum Gasteiger partial charge on any atom is -0.452 e. The van der Waals surface area contributed by atoms with Gasteiger partial charge in [0.2, 0.25) is 5.91 Å². The molecule has 2 aromatic rings. The minimum absolute atomic E-state index is 0.0244. The number of hydrogen-bond donors (Lipinski definition) is 1. The third kappa shape index (κ3) is 5.29. The second-order valence-electron chi connectivity index (χ2n) is 5.29. The van der Waals surface area contributed by atoms with Crippen LogP contribution < -0.4 is 10.6 Å². The number of esters is 1. The van der Waals surface area contributed by atoms with Crippen LogP contribution in [-0.2, 0) is 14.3 Å². The number of benzene rings is 2. The zero-order chi connectivity index (χ0) is 19.1. The number of nitrogens with two attached hydrogens (primary N) is 1. The molecule has 0 unspecified atom stereocenters. The minimum atomic E-state index is -0.752. The summed E-state index contributed by atoms with van der Waals surface area (Å²) in [5.74, 6) is -2.41. The molecule has 0 aliphatic heterocycles. The lowest BCUT2D eigenvalue weighted by Crippen LogP contribution is -2.37. The predicted molar refractivity (Wildman–Crippen MR) is 94.3 cm³/mol. The summed E-state index contributed by atoms with van der Waals surface area (Å²) < 4.78 is 18.1. The molecule has 2 aromatic carbocycles. The van der Waals surface area contributed by atoms with Crippen LogP contribution in [0.3, 0.4) is 0 Å². The van der Waals surface area contributed by atoms with Crippen molar-refractivity contribution in [2.45, 2.75) is 6.42 Å². The molecule has 6 nitrogen and oxygen atoms in total. The van der Waals surface area contributed by atoms with Crippen molar-refractivity contribution in [3.8, 4) is 0 Å². The van der Waals surface area contributed by atoms with Gasteiger partial charge in [-0.05, 0) is 36.4 Å². The highest BCUT2D eigenvalue weighted by Crippen LogP contribution is 2.18. The van der Waals surface area contributed by atoms with E-state index in [4.69, 9.17) is 22.1 Å². The number of amides is 2. The van der Waals surface area contributed by atoms with Gasteiger partial charge in [0.15, 0.2) is 6.61 Å². The molecule has 0 heterocycles. The zero-order valence-electron chi connectivity index (χ0n) is 13.7. The first-order chi connectivity index (χ1) is 12.4. The van der Waals surface area contributed by atoms with Crippen LogP contribution in [0.5, 0.6) is 0 Å². The van der Waals surface area contributed by atoms with Crippen LogP contribution in [-0.4, -0.2) is 30.9 Å². The number of halogens is 2. The lowest BCUT2D eigenvalue weighted by Gasteiger charge is -2.22. The Morgan fingerprint density at radius 3 is 2.35 bits per heavy atom. The molecule has 2 rings (SSSR count). The fraction of sp³-hybridized carbons (Fsp3) is 0.167. The Morgan fingerprint density at radius 2 is 1.73 bits per heavy atom. The Hall–Kier alpha value is -2.93. The number of anilines is 1. The number of carbonyl (C=O) groups is 3. The highest BCUT2D eigenvalue weighted by atomic mass is 35.5. The summed E-state index contributed by atoms with van der Waals surface area (Å²) in [4.78, 5) is 36.7. The van der Waals surface area contributed by atoms with Gasteiger partial charge in [-0.1, -0.05) is 23.7 Å². The number of ether oxygens (including phenoxy) is 1. The molecule has 0 spiro atoms. The molecule has 0 aromatic heterocycles. The molecule has 0 aliphatic carbocycles. The van der Waals surface area contributed by atoms with E-state index in [9.17, 15) is 18.8 Å². The quantitative estimate of drug-likeness (QED) is 0.750. The van der Waals surface area contributed by atoms with Crippen molar-refractivity contribution in [3.63, 3.8) is 0 Å². The van der Waals surface area contributed by atoms with Gasteiger partial charge in [0, 0.05) is 18.7 Å². The Bertz CT molecular complexity index is 811. The van der Waals surface area contributed by atoms with E-state index in [1.165, 1.54) is 41.3 Å². The Balaban J connectivity index is 2.08. The average Bonchev–Trinajstić information content (AvgIpc) is 2.61. The second-order valence-corrected chi connectivity index (χ2v) is 5.70. The molecule has 0 saturated carbocycles. The second kappa shape index (κ2) is 8.96. The maximum atomic E-state index is 13.1. The topological polar surface area (TPSA) is 89.7 Å². The average molecular weight is 379 g/mol. The molecular formula is C18H16ClFN2O4. The molecule has 0 aliphatic rings. The largest absolute Gasteiger partial charge is 0.452 e. The van der Waals surface area contributed by atoms with Crippen molar-refractivity contribution in [1.29, 1.82) is 0 Å². The van der Waals surface area contributed by atoms with Crippen molar-refractivity contribution in [2.24, 2.45) is 5.73 Å². The molecule has 0 bridgehead atoms. The van der Waals surface area contributed by atoms with Crippen LogP contribution >= 0.6 is 11.6 Å². The van der Waals surface area contributed by atoms with E-state index in [0.717, 1.165) is 0 Å². The molecule has 0 atom stereocenters. The van der Waals surface area contributed by atoms with E-state index < -0.39 is 30.2 Å². The summed E-state index contributed by atoms with van der Waals surface area (Å²) in [5, 5.41) is 0.203. The molecule has 26 heavy (non-hydrogen) atoms. The summed E-state index contributed by atoms with van der Waals surface area (Å²) in [6.07, 6.45) is -0.0957. The van der Waals surface area contributed by atoms with E-state index in [2.05, 4.69) is 0 Å². The number of hydrogen-bond acceptors (Lipinski definition) is 4. The molecule has 2 N–H and O–H groups in total. The van der Waals surface area contributed by atoms with E-state index in [0.29, 0.717) is 5.69 Å². The molecule has 0 fully saturated rings. The van der Waals surface area contributed by atoms with Crippen LogP contribution in [0.2, 0.25) is 5.02 Å². The Labute approximate surface area is 154 Å². The van der Waals surface area contributed by atoms with E-state index >= 15 is 0 Å². The summed E-state index contributed by atoms with van der Waals surface area (Å²) in [7, 11) is 0. The first kappa shape index (κ1) is 19.4. The van der Waals surface area contributed by atoms with E-state index in [1.807, 2.05) is 0 Å². The SMILES string of the molecule is NC(=O)CCN(C(=O)COC(=O)c1ccccc1Cl)c1ccc(F)cc1. The van der Waals surface area contributed by atoms with Crippen LogP contribution in [0.1, 0.15) is 16.8 Å². The number of rotatable bonds is 7. The molecular weight excluding hydrogens is 363 g/mol. The van der Waals surface area contributed by atoms with Crippen molar-refractivity contribution in [2.75, 3.05) is 18.1 Å². The van der Waals surface area contributed by atoms with Gasteiger partial charge in [0.05, 0.1) is 10.6 Å². The fourth-order valence-electron chi connectivity index (χ4n) is 2.15. The van der Waals surface area contributed by atoms with Gasteiger partial charge in [-0.2, -0.15) is 0 Å². The van der Waals surface area contributed by atoms with Crippen molar-refractivity contribution in [1.82, 2.24) is 0 Å². The van der Waals surface area contributed by atoms with Crippen LogP contribution in [0.4, 0.5) is 10.1 Å². The van der Waals surface area contributed by atoms with Gasteiger partial charge in [-0.15, -0.1) is 0 Å². The summed E-state index contributed by atoms with van der Waals surface area (Å²) in [6.45, 7) is -0.594. The Kier molecular flexibility index (Phi) is 6.68. The standard InChI is InChI=1S/C18H16ClFN2O4/c19-15-4-2-1-3-14(15)18(25)26-11-17(24)22(10-9-16(21)23)13-7-5-12(20)6-8-13/h1-8H,9-11H2,(H2,21,23). The highest BCUT2D eigenvalue weighted by molar-refractivity contribution is 6.33. The molecule has 136 valence electrons.